The first-order valence-corrected chi connectivity index (χ1v) is 7.01. The molecule has 1 unspecified atom stereocenters. The van der Waals surface area contributed by atoms with Crippen LogP contribution in [-0.4, -0.2) is 34.1 Å². The summed E-state index contributed by atoms with van der Waals surface area (Å²) in [5, 5.41) is 17.8. The van der Waals surface area contributed by atoms with E-state index in [4.69, 9.17) is 0 Å². The third-order valence-corrected chi connectivity index (χ3v) is 2.95. The molecular weight excluding hydrogens is 226 g/mol. The largest absolute Gasteiger partial charge is 0.391 e. The summed E-state index contributed by atoms with van der Waals surface area (Å²) in [5.41, 5.74) is 2.24. The van der Waals surface area contributed by atoms with E-state index in [1.165, 1.54) is 0 Å². The van der Waals surface area contributed by atoms with Gasteiger partial charge in [-0.05, 0) is 31.9 Å². The lowest BCUT2D eigenvalue weighted by Crippen LogP contribution is -2.31. The molecule has 0 amide bonds. The van der Waals surface area contributed by atoms with Crippen LogP contribution < -0.4 is 5.32 Å². The summed E-state index contributed by atoms with van der Waals surface area (Å²) in [7, 11) is 0. The second kappa shape index (κ2) is 7.54. The summed E-state index contributed by atoms with van der Waals surface area (Å²) in [6.45, 7) is 11.0. The van der Waals surface area contributed by atoms with Gasteiger partial charge in [-0.2, -0.15) is 5.10 Å². The molecule has 0 spiro atoms. The fourth-order valence-corrected chi connectivity index (χ4v) is 1.98. The second-order valence-electron chi connectivity index (χ2n) is 5.21. The van der Waals surface area contributed by atoms with E-state index in [1.54, 1.807) is 0 Å². The van der Waals surface area contributed by atoms with Crippen molar-refractivity contribution in [2.75, 3.05) is 13.1 Å². The summed E-state index contributed by atoms with van der Waals surface area (Å²) in [6, 6.07) is 2.11. The maximum Gasteiger partial charge on any atom is 0.0719 e. The predicted octanol–water partition coefficient (Wildman–Crippen LogP) is 1.61. The summed E-state index contributed by atoms with van der Waals surface area (Å²) in [6.07, 6.45) is 1.28. The number of aliphatic hydroxyl groups is 1. The van der Waals surface area contributed by atoms with E-state index in [0.29, 0.717) is 18.9 Å². The molecule has 104 valence electrons. The Morgan fingerprint density at radius 3 is 2.61 bits per heavy atom. The van der Waals surface area contributed by atoms with E-state index >= 15 is 0 Å². The zero-order valence-corrected chi connectivity index (χ0v) is 12.1. The number of aryl methyl sites for hydroxylation is 2. The van der Waals surface area contributed by atoms with Crippen LogP contribution in [0.4, 0.5) is 0 Å². The number of nitrogens with zero attached hydrogens (tertiary/aromatic N) is 2. The number of hydrogen-bond donors (Lipinski definition) is 2. The van der Waals surface area contributed by atoms with Gasteiger partial charge in [0.2, 0.25) is 0 Å². The van der Waals surface area contributed by atoms with Crippen molar-refractivity contribution in [3.05, 3.63) is 17.5 Å². The quantitative estimate of drug-likeness (QED) is 0.740. The van der Waals surface area contributed by atoms with Crippen LogP contribution in [0.25, 0.3) is 0 Å². The molecule has 0 aliphatic carbocycles. The van der Waals surface area contributed by atoms with E-state index < -0.39 is 0 Å². The Kier molecular flexibility index (Phi) is 6.36. The third kappa shape index (κ3) is 4.78. The zero-order chi connectivity index (χ0) is 13.5. The van der Waals surface area contributed by atoms with Gasteiger partial charge in [0.15, 0.2) is 0 Å². The Balaban J connectivity index is 2.47. The number of rotatable bonds is 8. The van der Waals surface area contributed by atoms with E-state index in [2.05, 4.69) is 44.2 Å². The van der Waals surface area contributed by atoms with Crippen molar-refractivity contribution < 1.29 is 5.11 Å². The average molecular weight is 253 g/mol. The molecule has 2 N–H and O–H groups in total. The summed E-state index contributed by atoms with van der Waals surface area (Å²) < 4.78 is 1.99. The normalized spacial score (nSPS) is 13.2. The highest BCUT2D eigenvalue weighted by Gasteiger charge is 2.11. The Morgan fingerprint density at radius 2 is 2.06 bits per heavy atom. The SMILES string of the molecule is CCc1cc(CC(O)CNCC(C)C)n(CC)n1. The van der Waals surface area contributed by atoms with Crippen LogP contribution in [0.3, 0.4) is 0 Å². The fraction of sp³-hybridized carbons (Fsp3) is 0.786. The van der Waals surface area contributed by atoms with E-state index in [-0.39, 0.29) is 6.10 Å². The molecule has 18 heavy (non-hydrogen) atoms. The van der Waals surface area contributed by atoms with Crippen molar-refractivity contribution in [1.82, 2.24) is 15.1 Å². The van der Waals surface area contributed by atoms with Crippen LogP contribution in [0.1, 0.15) is 39.1 Å². The smallest absolute Gasteiger partial charge is 0.0719 e. The minimum atomic E-state index is -0.338. The van der Waals surface area contributed by atoms with Crippen molar-refractivity contribution >= 4 is 0 Å². The molecule has 0 saturated heterocycles. The fourth-order valence-electron chi connectivity index (χ4n) is 1.98. The molecule has 0 radical (unpaired) electrons. The van der Waals surface area contributed by atoms with Gasteiger partial charge in [-0.1, -0.05) is 20.8 Å². The highest BCUT2D eigenvalue weighted by Crippen LogP contribution is 2.08. The van der Waals surface area contributed by atoms with Crippen LogP contribution >= 0.6 is 0 Å². The van der Waals surface area contributed by atoms with Gasteiger partial charge in [0, 0.05) is 25.2 Å². The van der Waals surface area contributed by atoms with Crippen LogP contribution in [0, 0.1) is 5.92 Å². The van der Waals surface area contributed by atoms with Gasteiger partial charge in [0.1, 0.15) is 0 Å². The topological polar surface area (TPSA) is 50.1 Å². The lowest BCUT2D eigenvalue weighted by atomic mass is 10.1. The van der Waals surface area contributed by atoms with Gasteiger partial charge in [0.05, 0.1) is 11.8 Å². The van der Waals surface area contributed by atoms with Gasteiger partial charge < -0.3 is 10.4 Å². The molecule has 0 aliphatic rings. The van der Waals surface area contributed by atoms with Crippen molar-refractivity contribution in [2.45, 2.75) is 53.2 Å². The Bertz CT molecular complexity index is 347. The molecule has 1 rings (SSSR count). The predicted molar refractivity (Wildman–Crippen MR) is 74.7 cm³/mol. The average Bonchev–Trinajstić information content (AvgIpc) is 2.70. The first-order chi connectivity index (χ1) is 8.56. The minimum absolute atomic E-state index is 0.338. The lowest BCUT2D eigenvalue weighted by molar-refractivity contribution is 0.168. The summed E-state index contributed by atoms with van der Waals surface area (Å²) in [4.78, 5) is 0. The lowest BCUT2D eigenvalue weighted by Gasteiger charge is -2.13. The Labute approximate surface area is 110 Å². The van der Waals surface area contributed by atoms with Gasteiger partial charge in [0.25, 0.3) is 0 Å². The molecular formula is C14H27N3O. The highest BCUT2D eigenvalue weighted by molar-refractivity contribution is 5.11. The molecule has 1 aromatic rings. The van der Waals surface area contributed by atoms with Crippen LogP contribution in [-0.2, 0) is 19.4 Å². The molecule has 4 nitrogen and oxygen atoms in total. The molecule has 1 aromatic heterocycles. The van der Waals surface area contributed by atoms with Crippen molar-refractivity contribution in [1.29, 1.82) is 0 Å². The molecule has 0 bridgehead atoms. The molecule has 1 heterocycles. The zero-order valence-electron chi connectivity index (χ0n) is 12.1. The summed E-state index contributed by atoms with van der Waals surface area (Å²) >= 11 is 0. The van der Waals surface area contributed by atoms with E-state index in [0.717, 1.165) is 30.9 Å². The summed E-state index contributed by atoms with van der Waals surface area (Å²) in [5.74, 6) is 0.616. The number of nitrogens with one attached hydrogen (secondary N) is 1. The van der Waals surface area contributed by atoms with E-state index in [9.17, 15) is 5.11 Å². The molecule has 1 atom stereocenters. The Morgan fingerprint density at radius 1 is 1.33 bits per heavy atom. The molecule has 4 heteroatoms. The van der Waals surface area contributed by atoms with Gasteiger partial charge >= 0.3 is 0 Å². The standard InChI is InChI=1S/C14H27N3O/c1-5-12-7-13(17(6-2)16-12)8-14(18)10-15-9-11(3)4/h7,11,14-15,18H,5-6,8-10H2,1-4H3. The van der Waals surface area contributed by atoms with Crippen molar-refractivity contribution in [2.24, 2.45) is 5.92 Å². The third-order valence-electron chi connectivity index (χ3n) is 2.95. The highest BCUT2D eigenvalue weighted by atomic mass is 16.3. The maximum absolute atomic E-state index is 10.0. The molecule has 0 aliphatic heterocycles. The Hall–Kier alpha value is -0.870. The van der Waals surface area contributed by atoms with Gasteiger partial charge in [-0.3, -0.25) is 4.68 Å². The van der Waals surface area contributed by atoms with Gasteiger partial charge in [-0.15, -0.1) is 0 Å². The molecule has 0 aromatic carbocycles. The molecule has 0 saturated carbocycles. The second-order valence-corrected chi connectivity index (χ2v) is 5.21. The van der Waals surface area contributed by atoms with Crippen molar-refractivity contribution in [3.63, 3.8) is 0 Å². The molecule has 0 fully saturated rings. The van der Waals surface area contributed by atoms with Crippen LogP contribution in [0.2, 0.25) is 0 Å². The minimum Gasteiger partial charge on any atom is -0.391 e. The van der Waals surface area contributed by atoms with Crippen molar-refractivity contribution in [3.8, 4) is 0 Å². The van der Waals surface area contributed by atoms with Crippen LogP contribution in [0.5, 0.6) is 0 Å². The maximum atomic E-state index is 10.0. The number of aliphatic hydroxyl groups excluding tert-OH is 1. The first-order valence-electron chi connectivity index (χ1n) is 7.01. The van der Waals surface area contributed by atoms with E-state index in [1.807, 2.05) is 4.68 Å². The first kappa shape index (κ1) is 15.2. The number of hydrogen-bond acceptors (Lipinski definition) is 3. The monoisotopic (exact) mass is 253 g/mol. The van der Waals surface area contributed by atoms with Gasteiger partial charge in [-0.25, -0.2) is 0 Å². The number of aromatic nitrogens is 2. The van der Waals surface area contributed by atoms with Crippen LogP contribution in [0.15, 0.2) is 6.07 Å².